The lowest BCUT2D eigenvalue weighted by atomic mass is 9.79. The molecule has 4 rings (SSSR count). The molecule has 0 radical (unpaired) electrons. The SMILES string of the molecule is Cc1ccc(C(C)OC(=O)C2=C(C(F)(F)F)NC(C(F)(F)F)=C(C(=O)OC(C)c3ccc(C)n3C)C2c2cccc([N+](=O)[O-])c2)n1C. The van der Waals surface area contributed by atoms with Crippen LogP contribution < -0.4 is 5.32 Å². The number of nitro benzene ring substituents is 1. The quantitative estimate of drug-likeness (QED) is 0.121. The molecule has 252 valence electrons. The Kier molecular flexibility index (Phi) is 9.37. The number of carbonyl (C=O) groups is 2. The number of nitrogens with one attached hydrogen (secondary N) is 1. The van der Waals surface area contributed by atoms with E-state index in [2.05, 4.69) is 0 Å². The van der Waals surface area contributed by atoms with Crippen molar-refractivity contribution in [1.82, 2.24) is 14.5 Å². The smallest absolute Gasteiger partial charge is 0.431 e. The minimum absolute atomic E-state index is 0.346. The number of alkyl halides is 6. The Morgan fingerprint density at radius 2 is 1.23 bits per heavy atom. The monoisotopic (exact) mass is 668 g/mol. The normalized spacial score (nSPS) is 16.9. The number of aryl methyl sites for hydroxylation is 2. The van der Waals surface area contributed by atoms with Crippen LogP contribution in [0.4, 0.5) is 32.0 Å². The average molecular weight is 669 g/mol. The van der Waals surface area contributed by atoms with Crippen molar-refractivity contribution in [2.75, 3.05) is 0 Å². The summed E-state index contributed by atoms with van der Waals surface area (Å²) in [6, 6.07) is 9.99. The van der Waals surface area contributed by atoms with E-state index >= 15 is 0 Å². The highest BCUT2D eigenvalue weighted by Gasteiger charge is 2.54. The highest BCUT2D eigenvalue weighted by atomic mass is 19.4. The lowest BCUT2D eigenvalue weighted by Gasteiger charge is -2.34. The Labute approximate surface area is 264 Å². The molecule has 0 amide bonds. The van der Waals surface area contributed by atoms with E-state index in [1.165, 1.54) is 19.2 Å². The van der Waals surface area contributed by atoms with Gasteiger partial charge in [0.1, 0.15) is 23.6 Å². The third-order valence-electron chi connectivity index (χ3n) is 8.01. The fourth-order valence-corrected chi connectivity index (χ4v) is 5.38. The van der Waals surface area contributed by atoms with Crippen LogP contribution in [0, 0.1) is 24.0 Å². The summed E-state index contributed by atoms with van der Waals surface area (Å²) in [5, 5.41) is 12.9. The summed E-state index contributed by atoms with van der Waals surface area (Å²) in [6.45, 7) is 6.11. The Bertz CT molecular complexity index is 1700. The van der Waals surface area contributed by atoms with E-state index in [4.69, 9.17) is 9.47 Å². The number of dihydropyridines is 1. The van der Waals surface area contributed by atoms with Crippen molar-refractivity contribution in [3.05, 3.63) is 110 Å². The van der Waals surface area contributed by atoms with Gasteiger partial charge in [-0.3, -0.25) is 10.1 Å². The fraction of sp³-hybridized carbons (Fsp3) is 0.355. The van der Waals surface area contributed by atoms with Crippen molar-refractivity contribution in [3.8, 4) is 0 Å². The van der Waals surface area contributed by atoms with Gasteiger partial charge in [0.25, 0.3) is 5.69 Å². The van der Waals surface area contributed by atoms with Crippen LogP contribution in [0.5, 0.6) is 0 Å². The number of allylic oxidation sites excluding steroid dienone is 2. The van der Waals surface area contributed by atoms with Crippen LogP contribution in [0.1, 0.15) is 60.3 Å². The summed E-state index contributed by atoms with van der Waals surface area (Å²) in [6.07, 6.45) is -13.6. The zero-order valence-corrected chi connectivity index (χ0v) is 25.9. The summed E-state index contributed by atoms with van der Waals surface area (Å²) < 4.78 is 102. The number of hydrogen-bond donors (Lipinski definition) is 1. The first-order valence-electron chi connectivity index (χ1n) is 14.0. The van der Waals surface area contributed by atoms with Crippen LogP contribution in [0.25, 0.3) is 0 Å². The van der Waals surface area contributed by atoms with Crippen molar-refractivity contribution in [3.63, 3.8) is 0 Å². The van der Waals surface area contributed by atoms with Crippen LogP contribution in [-0.2, 0) is 33.2 Å². The second-order valence-corrected chi connectivity index (χ2v) is 11.0. The second kappa shape index (κ2) is 12.6. The minimum Gasteiger partial charge on any atom is -0.453 e. The van der Waals surface area contributed by atoms with Crippen molar-refractivity contribution >= 4 is 17.6 Å². The van der Waals surface area contributed by atoms with Crippen molar-refractivity contribution in [2.24, 2.45) is 14.1 Å². The maximum Gasteiger partial charge on any atom is 0.431 e. The van der Waals surface area contributed by atoms with E-state index < -0.39 is 81.1 Å². The van der Waals surface area contributed by atoms with Gasteiger partial charge in [0, 0.05) is 37.6 Å². The average Bonchev–Trinajstić information content (AvgIpc) is 3.50. The molecule has 1 aliphatic rings. The number of ether oxygens (including phenoxy) is 2. The standard InChI is InChI=1S/C31H30F6N4O6/c1-15-10-12-21(39(15)5)17(3)46-28(42)24-23(19-8-7-9-20(14-19)41(44)45)25(27(31(35,36)37)38-26(24)30(32,33)34)29(43)47-18(4)22-13-11-16(2)40(22)6/h7-14,17-18,23,38H,1-6H3. The first-order valence-corrected chi connectivity index (χ1v) is 14.0. The highest BCUT2D eigenvalue weighted by Crippen LogP contribution is 2.48. The molecular weight excluding hydrogens is 638 g/mol. The van der Waals surface area contributed by atoms with E-state index in [1.807, 2.05) is 0 Å². The van der Waals surface area contributed by atoms with Gasteiger partial charge in [-0.25, -0.2) is 9.59 Å². The summed E-state index contributed by atoms with van der Waals surface area (Å²) in [7, 11) is 3.21. The van der Waals surface area contributed by atoms with E-state index in [0.29, 0.717) is 28.8 Å². The van der Waals surface area contributed by atoms with Gasteiger partial charge in [0.05, 0.1) is 33.4 Å². The predicted molar refractivity (Wildman–Crippen MR) is 154 cm³/mol. The molecule has 1 aromatic carbocycles. The van der Waals surface area contributed by atoms with Crippen LogP contribution in [0.15, 0.2) is 71.1 Å². The molecule has 3 aromatic rings. The summed E-state index contributed by atoms with van der Waals surface area (Å²) in [5.41, 5.74) is -6.34. The Hall–Kier alpha value is -5.02. The van der Waals surface area contributed by atoms with Crippen LogP contribution in [0.3, 0.4) is 0 Å². The molecule has 0 bridgehead atoms. The highest BCUT2D eigenvalue weighted by molar-refractivity contribution is 6.00. The summed E-state index contributed by atoms with van der Waals surface area (Å²) in [5.74, 6) is -5.90. The molecule has 0 aliphatic carbocycles. The van der Waals surface area contributed by atoms with Crippen molar-refractivity contribution in [1.29, 1.82) is 0 Å². The first-order chi connectivity index (χ1) is 21.7. The number of carbonyl (C=O) groups excluding carboxylic acids is 2. The number of halogens is 6. The molecule has 3 heterocycles. The first kappa shape index (κ1) is 34.8. The molecule has 2 unspecified atom stereocenters. The van der Waals surface area contributed by atoms with Crippen LogP contribution in [-0.4, -0.2) is 38.3 Å². The van der Waals surface area contributed by atoms with E-state index in [-0.39, 0.29) is 0 Å². The van der Waals surface area contributed by atoms with Gasteiger partial charge in [-0.15, -0.1) is 0 Å². The molecule has 1 N–H and O–H groups in total. The molecule has 47 heavy (non-hydrogen) atoms. The number of hydrogen-bond acceptors (Lipinski definition) is 7. The largest absolute Gasteiger partial charge is 0.453 e. The maximum atomic E-state index is 14.6. The number of nitro groups is 1. The Balaban J connectivity index is 1.97. The Morgan fingerprint density at radius 3 is 1.57 bits per heavy atom. The number of benzene rings is 1. The molecule has 0 spiro atoms. The van der Waals surface area contributed by atoms with E-state index in [1.54, 1.807) is 61.3 Å². The Morgan fingerprint density at radius 1 is 0.809 bits per heavy atom. The van der Waals surface area contributed by atoms with Gasteiger partial charge in [0.2, 0.25) is 0 Å². The van der Waals surface area contributed by atoms with Gasteiger partial charge in [-0.1, -0.05) is 12.1 Å². The number of nitrogens with zero attached hydrogens (tertiary/aromatic N) is 3. The zero-order valence-electron chi connectivity index (χ0n) is 25.9. The number of aromatic nitrogens is 2. The molecule has 1 aliphatic heterocycles. The zero-order chi connectivity index (χ0) is 35.2. The lowest BCUT2D eigenvalue weighted by Crippen LogP contribution is -2.43. The van der Waals surface area contributed by atoms with Gasteiger partial charge in [-0.05, 0) is 57.5 Å². The molecule has 0 saturated heterocycles. The molecule has 0 fully saturated rings. The lowest BCUT2D eigenvalue weighted by molar-refractivity contribution is -0.384. The topological polar surface area (TPSA) is 118 Å². The second-order valence-electron chi connectivity index (χ2n) is 11.0. The van der Waals surface area contributed by atoms with Crippen molar-refractivity contribution < 1.29 is 50.3 Å². The predicted octanol–water partition coefficient (Wildman–Crippen LogP) is 6.82. The number of esters is 2. The van der Waals surface area contributed by atoms with Crippen molar-refractivity contribution in [2.45, 2.75) is 58.2 Å². The summed E-state index contributed by atoms with van der Waals surface area (Å²) in [4.78, 5) is 38.2. The fourth-order valence-electron chi connectivity index (χ4n) is 5.38. The third kappa shape index (κ3) is 6.90. The molecule has 2 aromatic heterocycles. The molecule has 10 nitrogen and oxygen atoms in total. The maximum absolute atomic E-state index is 14.6. The van der Waals surface area contributed by atoms with Gasteiger partial charge >= 0.3 is 24.3 Å². The van der Waals surface area contributed by atoms with E-state index in [0.717, 1.165) is 18.2 Å². The third-order valence-corrected chi connectivity index (χ3v) is 8.01. The number of non-ortho nitro benzene ring substituents is 1. The van der Waals surface area contributed by atoms with Crippen LogP contribution in [0.2, 0.25) is 0 Å². The van der Waals surface area contributed by atoms with E-state index in [9.17, 15) is 46.0 Å². The molecule has 0 saturated carbocycles. The van der Waals surface area contributed by atoms with Gasteiger partial charge < -0.3 is 23.9 Å². The van der Waals surface area contributed by atoms with Gasteiger partial charge in [-0.2, -0.15) is 26.3 Å². The number of rotatable bonds is 8. The molecule has 2 atom stereocenters. The van der Waals surface area contributed by atoms with Gasteiger partial charge in [0.15, 0.2) is 0 Å². The molecule has 16 heteroatoms. The van der Waals surface area contributed by atoms with Crippen LogP contribution >= 0.6 is 0 Å². The molecular formula is C31H30F6N4O6. The summed E-state index contributed by atoms with van der Waals surface area (Å²) >= 11 is 0. The minimum atomic E-state index is -5.61.